The van der Waals surface area contributed by atoms with E-state index >= 15 is 0 Å². The molecule has 0 aliphatic heterocycles. The van der Waals surface area contributed by atoms with Crippen LogP contribution in [0.3, 0.4) is 0 Å². The number of alkyl halides is 1. The number of hydrogen-bond acceptors (Lipinski definition) is 3. The predicted molar refractivity (Wildman–Crippen MR) is 66.1 cm³/mol. The van der Waals surface area contributed by atoms with Gasteiger partial charge in [0.05, 0.1) is 13.2 Å². The van der Waals surface area contributed by atoms with Crippen molar-refractivity contribution in [2.45, 2.75) is 12.6 Å². The Hall–Kier alpha value is -0.770. The first-order valence-electron chi connectivity index (χ1n) is 5.21. The molecule has 0 aliphatic carbocycles. The average Bonchev–Trinajstić information content (AvgIpc) is 2.28. The lowest BCUT2D eigenvalue weighted by Crippen LogP contribution is -2.29. The molecule has 0 saturated carbocycles. The minimum atomic E-state index is -0.475. The third-order valence-electron chi connectivity index (χ3n) is 2.29. The van der Waals surface area contributed by atoms with Crippen LogP contribution in [0.5, 0.6) is 5.75 Å². The summed E-state index contributed by atoms with van der Waals surface area (Å²) in [6, 6.07) is 7.90. The highest BCUT2D eigenvalue weighted by molar-refractivity contribution is 6.18. The Balaban J connectivity index is 2.51. The molecule has 1 unspecified atom stereocenters. The Morgan fingerprint density at radius 3 is 2.88 bits per heavy atom. The van der Waals surface area contributed by atoms with Crippen LogP contribution in [0, 0.1) is 0 Å². The van der Waals surface area contributed by atoms with Crippen LogP contribution in [0.2, 0.25) is 0 Å². The summed E-state index contributed by atoms with van der Waals surface area (Å²) in [6.45, 7) is 1.34. The maximum atomic E-state index is 9.41. The molecule has 90 valence electrons. The van der Waals surface area contributed by atoms with Crippen molar-refractivity contribution < 1.29 is 9.84 Å². The summed E-state index contributed by atoms with van der Waals surface area (Å²) in [6.07, 6.45) is -0.475. The minimum Gasteiger partial charge on any atom is -0.497 e. The second-order valence-corrected chi connectivity index (χ2v) is 4.17. The van der Waals surface area contributed by atoms with E-state index in [1.54, 1.807) is 7.11 Å². The zero-order chi connectivity index (χ0) is 12.0. The number of nitrogens with zero attached hydrogens (tertiary/aromatic N) is 1. The molecule has 0 amide bonds. The standard InChI is InChI=1S/C12H18ClNO2/c1-14(9-11(15)7-13)8-10-4-3-5-12(6-10)16-2/h3-6,11,15H,7-9H2,1-2H3. The Bertz CT molecular complexity index is 320. The SMILES string of the molecule is COc1cccc(CN(C)CC(O)CCl)c1. The lowest BCUT2D eigenvalue weighted by Gasteiger charge is -2.19. The molecule has 1 rings (SSSR count). The summed E-state index contributed by atoms with van der Waals surface area (Å²) in [4.78, 5) is 2.03. The van der Waals surface area contributed by atoms with Gasteiger partial charge in [0, 0.05) is 19.0 Å². The van der Waals surface area contributed by atoms with Crippen LogP contribution in [-0.2, 0) is 6.54 Å². The molecule has 0 spiro atoms. The third-order valence-corrected chi connectivity index (χ3v) is 2.64. The first kappa shape index (κ1) is 13.3. The Kier molecular flexibility index (Phi) is 5.60. The fourth-order valence-electron chi connectivity index (χ4n) is 1.56. The fraction of sp³-hybridized carbons (Fsp3) is 0.500. The second-order valence-electron chi connectivity index (χ2n) is 3.86. The van der Waals surface area contributed by atoms with Crippen molar-refractivity contribution in [1.82, 2.24) is 4.90 Å². The number of hydrogen-bond donors (Lipinski definition) is 1. The number of aliphatic hydroxyl groups is 1. The average molecular weight is 244 g/mol. The predicted octanol–water partition coefficient (Wildman–Crippen LogP) is 1.73. The Labute approximate surface area is 102 Å². The zero-order valence-corrected chi connectivity index (χ0v) is 10.4. The van der Waals surface area contributed by atoms with E-state index < -0.39 is 6.10 Å². The molecule has 1 N–H and O–H groups in total. The molecule has 1 atom stereocenters. The molecule has 1 aromatic carbocycles. The van der Waals surface area contributed by atoms with Crippen LogP contribution in [0.1, 0.15) is 5.56 Å². The van der Waals surface area contributed by atoms with Crippen molar-refractivity contribution in [2.75, 3.05) is 26.6 Å². The number of rotatable bonds is 6. The molecule has 0 bridgehead atoms. The lowest BCUT2D eigenvalue weighted by molar-refractivity contribution is 0.141. The smallest absolute Gasteiger partial charge is 0.119 e. The molecule has 0 aliphatic rings. The van der Waals surface area contributed by atoms with Crippen molar-refractivity contribution in [3.8, 4) is 5.75 Å². The zero-order valence-electron chi connectivity index (χ0n) is 9.69. The van der Waals surface area contributed by atoms with Gasteiger partial charge in [-0.25, -0.2) is 0 Å². The van der Waals surface area contributed by atoms with Gasteiger partial charge in [0.2, 0.25) is 0 Å². The van der Waals surface area contributed by atoms with Gasteiger partial charge in [-0.2, -0.15) is 0 Å². The van der Waals surface area contributed by atoms with Crippen LogP contribution in [0.25, 0.3) is 0 Å². The van der Waals surface area contributed by atoms with Gasteiger partial charge in [0.25, 0.3) is 0 Å². The van der Waals surface area contributed by atoms with Gasteiger partial charge < -0.3 is 9.84 Å². The van der Waals surface area contributed by atoms with Crippen molar-refractivity contribution in [2.24, 2.45) is 0 Å². The fourth-order valence-corrected chi connectivity index (χ4v) is 1.65. The molecule has 0 fully saturated rings. The van der Waals surface area contributed by atoms with E-state index in [0.29, 0.717) is 6.54 Å². The molecular weight excluding hydrogens is 226 g/mol. The largest absolute Gasteiger partial charge is 0.497 e. The number of likely N-dealkylation sites (N-methyl/N-ethyl adjacent to an activating group) is 1. The summed E-state index contributed by atoms with van der Waals surface area (Å²) in [7, 11) is 3.61. The first-order chi connectivity index (χ1) is 7.65. The summed E-state index contributed by atoms with van der Waals surface area (Å²) < 4.78 is 5.15. The topological polar surface area (TPSA) is 32.7 Å². The number of ether oxygens (including phenoxy) is 1. The van der Waals surface area contributed by atoms with Crippen molar-refractivity contribution in [3.05, 3.63) is 29.8 Å². The van der Waals surface area contributed by atoms with Gasteiger partial charge in [-0.3, -0.25) is 4.90 Å². The van der Waals surface area contributed by atoms with Crippen molar-refractivity contribution in [3.63, 3.8) is 0 Å². The lowest BCUT2D eigenvalue weighted by atomic mass is 10.2. The summed E-state index contributed by atoms with van der Waals surface area (Å²) in [5.74, 6) is 1.12. The Morgan fingerprint density at radius 1 is 1.50 bits per heavy atom. The maximum Gasteiger partial charge on any atom is 0.119 e. The van der Waals surface area contributed by atoms with Gasteiger partial charge in [0.1, 0.15) is 5.75 Å². The second kappa shape index (κ2) is 6.74. The molecule has 0 aromatic heterocycles. The molecule has 0 radical (unpaired) electrons. The van der Waals surface area contributed by atoms with Crippen LogP contribution >= 0.6 is 11.6 Å². The molecule has 1 aromatic rings. The van der Waals surface area contributed by atoms with Gasteiger partial charge in [0.15, 0.2) is 0 Å². The highest BCUT2D eigenvalue weighted by Crippen LogP contribution is 2.13. The molecule has 4 heteroatoms. The van der Waals surface area contributed by atoms with E-state index in [0.717, 1.165) is 17.9 Å². The minimum absolute atomic E-state index is 0.266. The van der Waals surface area contributed by atoms with Gasteiger partial charge in [-0.15, -0.1) is 11.6 Å². The van der Waals surface area contributed by atoms with Crippen LogP contribution in [0.4, 0.5) is 0 Å². The highest BCUT2D eigenvalue weighted by atomic mass is 35.5. The van der Waals surface area contributed by atoms with Gasteiger partial charge in [-0.1, -0.05) is 12.1 Å². The van der Waals surface area contributed by atoms with Crippen molar-refractivity contribution >= 4 is 11.6 Å². The van der Waals surface area contributed by atoms with Gasteiger partial charge >= 0.3 is 0 Å². The molecule has 0 saturated heterocycles. The number of aliphatic hydroxyl groups excluding tert-OH is 1. The van der Waals surface area contributed by atoms with Crippen molar-refractivity contribution in [1.29, 1.82) is 0 Å². The summed E-state index contributed by atoms with van der Waals surface area (Å²) in [5.41, 5.74) is 1.16. The van der Waals surface area contributed by atoms with Crippen LogP contribution in [0.15, 0.2) is 24.3 Å². The Morgan fingerprint density at radius 2 is 2.25 bits per heavy atom. The van der Waals surface area contributed by atoms with Crippen LogP contribution in [-0.4, -0.2) is 42.7 Å². The third kappa shape index (κ3) is 4.39. The number of methoxy groups -OCH3 is 1. The van der Waals surface area contributed by atoms with E-state index in [1.165, 1.54) is 0 Å². The first-order valence-corrected chi connectivity index (χ1v) is 5.74. The molecule has 0 heterocycles. The van der Waals surface area contributed by atoms with E-state index in [-0.39, 0.29) is 5.88 Å². The van der Waals surface area contributed by atoms with E-state index in [1.807, 2.05) is 36.2 Å². The molecule has 16 heavy (non-hydrogen) atoms. The summed E-state index contributed by atoms with van der Waals surface area (Å²) in [5, 5.41) is 9.41. The molecule has 3 nitrogen and oxygen atoms in total. The normalized spacial score (nSPS) is 12.8. The molecular formula is C12H18ClNO2. The van der Waals surface area contributed by atoms with Gasteiger partial charge in [-0.05, 0) is 24.7 Å². The van der Waals surface area contributed by atoms with E-state index in [4.69, 9.17) is 16.3 Å². The summed E-state index contributed by atoms with van der Waals surface area (Å²) >= 11 is 5.55. The quantitative estimate of drug-likeness (QED) is 0.773. The number of benzene rings is 1. The van der Waals surface area contributed by atoms with E-state index in [9.17, 15) is 5.11 Å². The highest BCUT2D eigenvalue weighted by Gasteiger charge is 2.07. The monoisotopic (exact) mass is 243 g/mol. The van der Waals surface area contributed by atoms with E-state index in [2.05, 4.69) is 0 Å². The maximum absolute atomic E-state index is 9.41. The van der Waals surface area contributed by atoms with Crippen LogP contribution < -0.4 is 4.74 Å². The number of halogens is 1.